The Bertz CT molecular complexity index is 362. The molecule has 1 aliphatic rings. The molecule has 2 rings (SSSR count). The van der Waals surface area contributed by atoms with E-state index in [1.807, 2.05) is 6.20 Å². The summed E-state index contributed by atoms with van der Waals surface area (Å²) in [5.41, 5.74) is 1.31. The van der Waals surface area contributed by atoms with Crippen molar-refractivity contribution in [1.29, 1.82) is 0 Å². The summed E-state index contributed by atoms with van der Waals surface area (Å²) in [6.07, 6.45) is 8.19. The van der Waals surface area contributed by atoms with Gasteiger partial charge in [-0.3, -0.25) is 4.68 Å². The van der Waals surface area contributed by atoms with Gasteiger partial charge in [-0.1, -0.05) is 20.8 Å². The van der Waals surface area contributed by atoms with E-state index in [2.05, 4.69) is 49.0 Å². The van der Waals surface area contributed by atoms with Crippen LogP contribution in [0.15, 0.2) is 12.4 Å². The van der Waals surface area contributed by atoms with E-state index in [1.165, 1.54) is 24.8 Å². The Labute approximate surface area is 111 Å². The van der Waals surface area contributed by atoms with Crippen molar-refractivity contribution in [3.63, 3.8) is 0 Å². The van der Waals surface area contributed by atoms with Crippen molar-refractivity contribution in [3.8, 4) is 0 Å². The Kier molecular flexibility index (Phi) is 4.44. The minimum Gasteiger partial charge on any atom is -0.310 e. The first kappa shape index (κ1) is 13.6. The molecule has 0 saturated heterocycles. The molecule has 1 aliphatic carbocycles. The lowest BCUT2D eigenvalue weighted by Gasteiger charge is -2.31. The zero-order chi connectivity index (χ0) is 13.1. The van der Waals surface area contributed by atoms with Crippen LogP contribution in [-0.4, -0.2) is 16.3 Å². The number of aromatic nitrogens is 2. The van der Waals surface area contributed by atoms with Crippen LogP contribution in [0.2, 0.25) is 0 Å². The topological polar surface area (TPSA) is 29.9 Å². The second-order valence-electron chi connectivity index (χ2n) is 6.10. The smallest absolute Gasteiger partial charge is 0.0537 e. The third-order valence-electron chi connectivity index (χ3n) is 4.16. The highest BCUT2D eigenvalue weighted by Gasteiger charge is 2.25. The average molecular weight is 249 g/mol. The van der Waals surface area contributed by atoms with Crippen LogP contribution in [0, 0.1) is 11.8 Å². The number of nitrogens with zero attached hydrogens (tertiary/aromatic N) is 2. The predicted molar refractivity (Wildman–Crippen MR) is 75.5 cm³/mol. The Balaban J connectivity index is 2.05. The standard InChI is InChI=1S/C15H27N3/c1-5-16-13(4)14-9-17-18(10-14)15-7-11(2)6-12(3)8-15/h9-13,15-16H,5-8H2,1-4H3. The van der Waals surface area contributed by atoms with Crippen LogP contribution in [0.25, 0.3) is 0 Å². The molecule has 3 atom stereocenters. The Hall–Kier alpha value is -0.830. The lowest BCUT2D eigenvalue weighted by Crippen LogP contribution is -2.23. The molecule has 102 valence electrons. The van der Waals surface area contributed by atoms with E-state index in [0.29, 0.717) is 12.1 Å². The van der Waals surface area contributed by atoms with Crippen molar-refractivity contribution in [2.45, 2.75) is 59.0 Å². The second-order valence-corrected chi connectivity index (χ2v) is 6.10. The molecule has 3 heteroatoms. The summed E-state index contributed by atoms with van der Waals surface area (Å²) in [7, 11) is 0. The van der Waals surface area contributed by atoms with Gasteiger partial charge in [-0.25, -0.2) is 0 Å². The van der Waals surface area contributed by atoms with E-state index in [0.717, 1.165) is 18.4 Å². The van der Waals surface area contributed by atoms with Crippen LogP contribution in [0.3, 0.4) is 0 Å². The highest BCUT2D eigenvalue weighted by atomic mass is 15.3. The van der Waals surface area contributed by atoms with Gasteiger partial charge in [-0.2, -0.15) is 5.10 Å². The lowest BCUT2D eigenvalue weighted by molar-refractivity contribution is 0.210. The summed E-state index contributed by atoms with van der Waals surface area (Å²) in [5.74, 6) is 1.66. The summed E-state index contributed by atoms with van der Waals surface area (Å²) in [6, 6.07) is 1.01. The first-order chi connectivity index (χ1) is 8.60. The summed E-state index contributed by atoms with van der Waals surface area (Å²) >= 11 is 0. The number of hydrogen-bond donors (Lipinski definition) is 1. The molecule has 0 amide bonds. The first-order valence-corrected chi connectivity index (χ1v) is 7.37. The zero-order valence-electron chi connectivity index (χ0n) is 12.2. The van der Waals surface area contributed by atoms with Crippen molar-refractivity contribution < 1.29 is 0 Å². The van der Waals surface area contributed by atoms with Gasteiger partial charge >= 0.3 is 0 Å². The molecule has 1 saturated carbocycles. The van der Waals surface area contributed by atoms with Crippen LogP contribution < -0.4 is 5.32 Å². The van der Waals surface area contributed by atoms with Crippen LogP contribution in [0.1, 0.15) is 64.6 Å². The van der Waals surface area contributed by atoms with Gasteiger partial charge in [-0.15, -0.1) is 0 Å². The van der Waals surface area contributed by atoms with Crippen LogP contribution >= 0.6 is 0 Å². The molecule has 18 heavy (non-hydrogen) atoms. The van der Waals surface area contributed by atoms with E-state index in [-0.39, 0.29) is 0 Å². The van der Waals surface area contributed by atoms with Gasteiger partial charge in [0.2, 0.25) is 0 Å². The Morgan fingerprint density at radius 2 is 2.00 bits per heavy atom. The van der Waals surface area contributed by atoms with Crippen molar-refractivity contribution in [1.82, 2.24) is 15.1 Å². The van der Waals surface area contributed by atoms with Crippen molar-refractivity contribution in [2.24, 2.45) is 11.8 Å². The maximum atomic E-state index is 4.59. The molecule has 0 bridgehead atoms. The van der Waals surface area contributed by atoms with Gasteiger partial charge in [0.25, 0.3) is 0 Å². The molecule has 3 nitrogen and oxygen atoms in total. The molecule has 0 aliphatic heterocycles. The minimum atomic E-state index is 0.405. The van der Waals surface area contributed by atoms with Gasteiger partial charge in [0.05, 0.1) is 12.2 Å². The highest BCUT2D eigenvalue weighted by molar-refractivity contribution is 5.09. The molecule has 1 heterocycles. The number of hydrogen-bond acceptors (Lipinski definition) is 2. The van der Waals surface area contributed by atoms with E-state index in [4.69, 9.17) is 0 Å². The molecular weight excluding hydrogens is 222 g/mol. The summed E-state index contributed by atoms with van der Waals surface area (Å²) in [6.45, 7) is 10.1. The normalized spacial score (nSPS) is 30.3. The highest BCUT2D eigenvalue weighted by Crippen LogP contribution is 2.35. The Morgan fingerprint density at radius 1 is 1.33 bits per heavy atom. The third kappa shape index (κ3) is 3.14. The van der Waals surface area contributed by atoms with E-state index in [1.54, 1.807) is 0 Å². The molecule has 0 radical (unpaired) electrons. The average Bonchev–Trinajstić information content (AvgIpc) is 2.77. The van der Waals surface area contributed by atoms with Gasteiger partial charge in [0, 0.05) is 17.8 Å². The van der Waals surface area contributed by atoms with E-state index in [9.17, 15) is 0 Å². The molecule has 3 unspecified atom stereocenters. The first-order valence-electron chi connectivity index (χ1n) is 7.37. The molecular formula is C15H27N3. The fourth-order valence-electron chi connectivity index (χ4n) is 3.32. The molecule has 1 aromatic rings. The minimum absolute atomic E-state index is 0.405. The number of rotatable bonds is 4. The SMILES string of the molecule is CCNC(C)c1cnn(C2CC(C)CC(C)C2)c1. The summed E-state index contributed by atoms with van der Waals surface area (Å²) in [4.78, 5) is 0. The van der Waals surface area contributed by atoms with Crippen LogP contribution in [0.4, 0.5) is 0 Å². The van der Waals surface area contributed by atoms with Gasteiger partial charge in [0.15, 0.2) is 0 Å². The molecule has 1 aromatic heterocycles. The van der Waals surface area contributed by atoms with Crippen LogP contribution in [0.5, 0.6) is 0 Å². The van der Waals surface area contributed by atoms with Gasteiger partial charge < -0.3 is 5.32 Å². The fourth-order valence-corrected chi connectivity index (χ4v) is 3.32. The molecule has 0 spiro atoms. The van der Waals surface area contributed by atoms with E-state index >= 15 is 0 Å². The summed E-state index contributed by atoms with van der Waals surface area (Å²) in [5, 5.41) is 8.03. The molecule has 1 fully saturated rings. The van der Waals surface area contributed by atoms with Gasteiger partial charge in [0.1, 0.15) is 0 Å². The number of nitrogens with one attached hydrogen (secondary N) is 1. The largest absolute Gasteiger partial charge is 0.310 e. The lowest BCUT2D eigenvalue weighted by atomic mass is 9.80. The maximum Gasteiger partial charge on any atom is 0.0537 e. The molecule has 0 aromatic carbocycles. The fraction of sp³-hybridized carbons (Fsp3) is 0.800. The second kappa shape index (κ2) is 5.87. The van der Waals surface area contributed by atoms with Crippen molar-refractivity contribution in [2.75, 3.05) is 6.54 Å². The van der Waals surface area contributed by atoms with E-state index < -0.39 is 0 Å². The van der Waals surface area contributed by atoms with Crippen LogP contribution in [-0.2, 0) is 0 Å². The van der Waals surface area contributed by atoms with Crippen molar-refractivity contribution >= 4 is 0 Å². The summed E-state index contributed by atoms with van der Waals surface area (Å²) < 4.78 is 2.20. The Morgan fingerprint density at radius 3 is 2.61 bits per heavy atom. The van der Waals surface area contributed by atoms with Crippen molar-refractivity contribution in [3.05, 3.63) is 18.0 Å². The maximum absolute atomic E-state index is 4.59. The quantitative estimate of drug-likeness (QED) is 0.884. The third-order valence-corrected chi connectivity index (χ3v) is 4.16. The zero-order valence-corrected chi connectivity index (χ0v) is 12.2. The van der Waals surface area contributed by atoms with Gasteiger partial charge in [-0.05, 0) is 44.6 Å². The monoisotopic (exact) mass is 249 g/mol. The predicted octanol–water partition coefficient (Wildman–Crippen LogP) is 3.55. The molecule has 1 N–H and O–H groups in total.